The van der Waals surface area contributed by atoms with Gasteiger partial charge in [0, 0.05) is 19.8 Å². The molecule has 0 unspecified atom stereocenters. The number of hydrazone groups is 1. The van der Waals surface area contributed by atoms with Crippen molar-refractivity contribution >= 4 is 35.0 Å². The molecule has 0 spiro atoms. The second-order valence-electron chi connectivity index (χ2n) is 6.18. The summed E-state index contributed by atoms with van der Waals surface area (Å²) in [5, 5.41) is 16.4. The van der Waals surface area contributed by atoms with Crippen molar-refractivity contribution in [2.45, 2.75) is 6.92 Å². The van der Waals surface area contributed by atoms with Gasteiger partial charge in [-0.05, 0) is 48.4 Å². The molecule has 0 aromatic heterocycles. The molecule has 3 rings (SSSR count). The number of nitrogens with zero attached hydrogens (tertiary/aromatic N) is 3. The lowest BCUT2D eigenvalue weighted by Crippen LogP contribution is -2.23. The first-order valence-electron chi connectivity index (χ1n) is 8.07. The minimum Gasteiger partial charge on any atom is -0.545 e. The Labute approximate surface area is 151 Å². The van der Waals surface area contributed by atoms with E-state index in [-0.39, 0.29) is 11.5 Å². The molecule has 6 heteroatoms. The number of rotatable bonds is 4. The summed E-state index contributed by atoms with van der Waals surface area (Å²) in [5.41, 5.74) is 3.65. The van der Waals surface area contributed by atoms with Crippen LogP contribution in [0.5, 0.6) is 0 Å². The zero-order valence-electron chi connectivity index (χ0n) is 14.8. The second-order valence-corrected chi connectivity index (χ2v) is 6.18. The summed E-state index contributed by atoms with van der Waals surface area (Å²) in [6.45, 7) is 1.77. The highest BCUT2D eigenvalue weighted by Crippen LogP contribution is 2.25. The van der Waals surface area contributed by atoms with Crippen molar-refractivity contribution in [3.8, 4) is 0 Å². The molecule has 132 valence electrons. The zero-order valence-corrected chi connectivity index (χ0v) is 14.8. The highest BCUT2D eigenvalue weighted by molar-refractivity contribution is 6.32. The van der Waals surface area contributed by atoms with Gasteiger partial charge in [-0.2, -0.15) is 10.1 Å². The van der Waals surface area contributed by atoms with E-state index in [1.165, 1.54) is 29.3 Å². The maximum absolute atomic E-state index is 12.7. The summed E-state index contributed by atoms with van der Waals surface area (Å²) in [7, 11) is 3.93. The molecular formula is C20H18N3O3-. The minimum absolute atomic E-state index is 0.0536. The van der Waals surface area contributed by atoms with E-state index in [2.05, 4.69) is 5.10 Å². The molecular weight excluding hydrogens is 330 g/mol. The Morgan fingerprint density at radius 3 is 2.23 bits per heavy atom. The van der Waals surface area contributed by atoms with Crippen LogP contribution in [0.1, 0.15) is 22.8 Å². The van der Waals surface area contributed by atoms with Crippen LogP contribution >= 0.6 is 0 Å². The van der Waals surface area contributed by atoms with E-state index in [1.807, 2.05) is 43.3 Å². The van der Waals surface area contributed by atoms with Gasteiger partial charge in [0.2, 0.25) is 0 Å². The molecule has 26 heavy (non-hydrogen) atoms. The number of carbonyl (C=O) groups excluding carboxylic acids is 2. The van der Waals surface area contributed by atoms with Crippen LogP contribution in [0, 0.1) is 0 Å². The largest absolute Gasteiger partial charge is 0.545 e. The Morgan fingerprint density at radius 1 is 1.08 bits per heavy atom. The second kappa shape index (κ2) is 6.84. The number of carboxylic acid groups (broad SMARTS) is 1. The molecule has 0 N–H and O–H groups in total. The van der Waals surface area contributed by atoms with Gasteiger partial charge in [-0.1, -0.05) is 24.3 Å². The maximum atomic E-state index is 12.7. The molecule has 0 atom stereocenters. The Hall–Kier alpha value is -3.41. The summed E-state index contributed by atoms with van der Waals surface area (Å²) in [6, 6.07) is 13.7. The SMILES string of the molecule is CC1=NN(c2ccc(C(=O)[O-])cc2)C(=O)/C1=C/c1ccc(N(C)C)cc1. The molecule has 6 nitrogen and oxygen atoms in total. The molecule has 2 aromatic rings. The fraction of sp³-hybridized carbons (Fsp3) is 0.150. The first kappa shape index (κ1) is 17.4. The standard InChI is InChI=1S/C20H19N3O3/c1-13-18(12-14-4-8-16(9-5-14)22(2)3)19(24)23(21-13)17-10-6-15(7-11-17)20(25)26/h4-12H,1-3H3,(H,25,26)/p-1/b18-12+. The van der Waals surface area contributed by atoms with Crippen molar-refractivity contribution in [3.05, 3.63) is 65.2 Å². The average molecular weight is 348 g/mol. The molecule has 0 radical (unpaired) electrons. The number of hydrogen-bond acceptors (Lipinski definition) is 5. The number of carbonyl (C=O) groups is 2. The number of anilines is 2. The van der Waals surface area contributed by atoms with E-state index in [0.29, 0.717) is 17.0 Å². The fourth-order valence-electron chi connectivity index (χ4n) is 2.63. The van der Waals surface area contributed by atoms with Gasteiger partial charge in [0.1, 0.15) is 0 Å². The van der Waals surface area contributed by atoms with Crippen LogP contribution in [0.3, 0.4) is 0 Å². The maximum Gasteiger partial charge on any atom is 0.280 e. The molecule has 0 bridgehead atoms. The molecule has 1 aliphatic rings. The van der Waals surface area contributed by atoms with Crippen LogP contribution in [0.25, 0.3) is 6.08 Å². The van der Waals surface area contributed by atoms with E-state index in [9.17, 15) is 14.7 Å². The lowest BCUT2D eigenvalue weighted by Gasteiger charge is -2.13. The normalized spacial score (nSPS) is 15.3. The van der Waals surface area contributed by atoms with Crippen molar-refractivity contribution in [1.29, 1.82) is 0 Å². The van der Waals surface area contributed by atoms with Crippen LogP contribution in [-0.4, -0.2) is 31.7 Å². The topological polar surface area (TPSA) is 76.0 Å². The van der Waals surface area contributed by atoms with E-state index in [0.717, 1.165) is 11.3 Å². The van der Waals surface area contributed by atoms with Gasteiger partial charge in [-0.25, -0.2) is 0 Å². The fourth-order valence-corrected chi connectivity index (χ4v) is 2.63. The van der Waals surface area contributed by atoms with Crippen LogP contribution < -0.4 is 15.0 Å². The monoisotopic (exact) mass is 348 g/mol. The van der Waals surface area contributed by atoms with E-state index < -0.39 is 5.97 Å². The Morgan fingerprint density at radius 2 is 1.69 bits per heavy atom. The van der Waals surface area contributed by atoms with Gasteiger partial charge in [0.15, 0.2) is 0 Å². The zero-order chi connectivity index (χ0) is 18.8. The molecule has 0 fully saturated rings. The summed E-state index contributed by atoms with van der Waals surface area (Å²) < 4.78 is 0. The van der Waals surface area contributed by atoms with Gasteiger partial charge in [0.05, 0.1) is 22.9 Å². The van der Waals surface area contributed by atoms with Crippen molar-refractivity contribution < 1.29 is 14.7 Å². The predicted molar refractivity (Wildman–Crippen MR) is 100 cm³/mol. The summed E-state index contributed by atoms with van der Waals surface area (Å²) in [4.78, 5) is 25.6. The van der Waals surface area contributed by atoms with E-state index >= 15 is 0 Å². The molecule has 1 aliphatic heterocycles. The highest BCUT2D eigenvalue weighted by Gasteiger charge is 2.28. The first-order valence-corrected chi connectivity index (χ1v) is 8.07. The van der Waals surface area contributed by atoms with Gasteiger partial charge in [-0.3, -0.25) is 4.79 Å². The Balaban J connectivity index is 1.86. The quantitative estimate of drug-likeness (QED) is 0.791. The van der Waals surface area contributed by atoms with Crippen LogP contribution in [-0.2, 0) is 4.79 Å². The van der Waals surface area contributed by atoms with Crippen LogP contribution in [0.15, 0.2) is 59.2 Å². The van der Waals surface area contributed by atoms with E-state index in [1.54, 1.807) is 13.0 Å². The average Bonchev–Trinajstić information content (AvgIpc) is 2.90. The number of benzene rings is 2. The number of hydrogen-bond donors (Lipinski definition) is 0. The van der Waals surface area contributed by atoms with Crippen molar-refractivity contribution in [3.63, 3.8) is 0 Å². The first-order chi connectivity index (χ1) is 12.4. The predicted octanol–water partition coefficient (Wildman–Crippen LogP) is 1.92. The van der Waals surface area contributed by atoms with Crippen molar-refractivity contribution in [1.82, 2.24) is 0 Å². The molecule has 1 heterocycles. The van der Waals surface area contributed by atoms with Crippen molar-refractivity contribution in [2.24, 2.45) is 5.10 Å². The molecule has 2 aromatic carbocycles. The third kappa shape index (κ3) is 3.35. The third-order valence-electron chi connectivity index (χ3n) is 4.13. The summed E-state index contributed by atoms with van der Waals surface area (Å²) in [5.74, 6) is -1.51. The van der Waals surface area contributed by atoms with Gasteiger partial charge in [0.25, 0.3) is 5.91 Å². The number of carboxylic acids is 1. The lowest BCUT2D eigenvalue weighted by atomic mass is 10.1. The van der Waals surface area contributed by atoms with E-state index in [4.69, 9.17) is 0 Å². The molecule has 0 aliphatic carbocycles. The highest BCUT2D eigenvalue weighted by atomic mass is 16.4. The van der Waals surface area contributed by atoms with Crippen LogP contribution in [0.2, 0.25) is 0 Å². The van der Waals surface area contributed by atoms with Gasteiger partial charge < -0.3 is 14.8 Å². The minimum atomic E-state index is -1.26. The summed E-state index contributed by atoms with van der Waals surface area (Å²) in [6.07, 6.45) is 1.80. The molecule has 1 amide bonds. The number of aromatic carboxylic acids is 1. The molecule has 0 saturated heterocycles. The Kier molecular flexibility index (Phi) is 4.58. The van der Waals surface area contributed by atoms with Crippen LogP contribution in [0.4, 0.5) is 11.4 Å². The smallest absolute Gasteiger partial charge is 0.280 e. The summed E-state index contributed by atoms with van der Waals surface area (Å²) >= 11 is 0. The number of amides is 1. The van der Waals surface area contributed by atoms with Gasteiger partial charge >= 0.3 is 0 Å². The molecule has 0 saturated carbocycles. The Bertz CT molecular complexity index is 910. The third-order valence-corrected chi connectivity index (χ3v) is 4.13. The lowest BCUT2D eigenvalue weighted by molar-refractivity contribution is -0.255. The van der Waals surface area contributed by atoms with Crippen molar-refractivity contribution in [2.75, 3.05) is 24.0 Å². The van der Waals surface area contributed by atoms with Gasteiger partial charge in [-0.15, -0.1) is 0 Å².